The molecule has 32 heavy (non-hydrogen) atoms. The van der Waals surface area contributed by atoms with E-state index in [1.54, 1.807) is 20.8 Å². The van der Waals surface area contributed by atoms with Crippen LogP contribution < -0.4 is 5.32 Å². The summed E-state index contributed by atoms with van der Waals surface area (Å²) in [5.41, 5.74) is -1.36. The van der Waals surface area contributed by atoms with E-state index in [-0.39, 0.29) is 33.6 Å². The molecule has 4 aromatic rings. The number of H-pyrrole nitrogens is 1. The molecule has 0 saturated heterocycles. The quantitative estimate of drug-likeness (QED) is 0.348. The van der Waals surface area contributed by atoms with E-state index in [1.165, 1.54) is 6.20 Å². The third kappa shape index (κ3) is 3.97. The summed E-state index contributed by atoms with van der Waals surface area (Å²) in [7, 11) is 0. The van der Waals surface area contributed by atoms with Crippen molar-refractivity contribution in [2.24, 2.45) is 0 Å². The van der Waals surface area contributed by atoms with Gasteiger partial charge in [-0.15, -0.1) is 0 Å². The van der Waals surface area contributed by atoms with Gasteiger partial charge in [0.05, 0.1) is 27.8 Å². The Balaban J connectivity index is 1.86. The first-order chi connectivity index (χ1) is 14.8. The third-order valence-electron chi connectivity index (χ3n) is 4.53. The van der Waals surface area contributed by atoms with E-state index in [0.717, 1.165) is 34.9 Å². The van der Waals surface area contributed by atoms with Crippen molar-refractivity contribution in [1.29, 1.82) is 0 Å². The van der Waals surface area contributed by atoms with Crippen LogP contribution in [0.25, 0.3) is 21.9 Å². The van der Waals surface area contributed by atoms with Gasteiger partial charge in [-0.2, -0.15) is 13.2 Å². The topological polar surface area (TPSA) is 71.9 Å². The molecular formula is C21H17F5N4O2. The average Bonchev–Trinajstić information content (AvgIpc) is 3.20. The Morgan fingerprint density at radius 3 is 2.44 bits per heavy atom. The molecule has 4 rings (SSSR count). The third-order valence-corrected chi connectivity index (χ3v) is 4.53. The van der Waals surface area contributed by atoms with E-state index in [0.29, 0.717) is 0 Å². The van der Waals surface area contributed by atoms with Gasteiger partial charge >= 0.3 is 12.3 Å². The predicted molar refractivity (Wildman–Crippen MR) is 108 cm³/mol. The SMILES string of the molecule is CC(C)(C)OC(=O)n1c(Nc2c[nH]c3cc(F)c(F)cc23)nc2cc(C(F)(F)F)ccc21. The van der Waals surface area contributed by atoms with Crippen molar-refractivity contribution >= 4 is 39.7 Å². The van der Waals surface area contributed by atoms with Crippen LogP contribution in [0.3, 0.4) is 0 Å². The number of rotatable bonds is 2. The summed E-state index contributed by atoms with van der Waals surface area (Å²) in [6, 6.07) is 4.67. The highest BCUT2D eigenvalue weighted by Gasteiger charge is 2.32. The maximum Gasteiger partial charge on any atom is 0.421 e. The maximum atomic E-state index is 13.7. The highest BCUT2D eigenvalue weighted by Crippen LogP contribution is 2.34. The fraction of sp³-hybridized carbons (Fsp3) is 0.238. The van der Waals surface area contributed by atoms with Crippen LogP contribution in [0.2, 0.25) is 0 Å². The lowest BCUT2D eigenvalue weighted by Gasteiger charge is -2.20. The molecule has 11 heteroatoms. The highest BCUT2D eigenvalue weighted by atomic mass is 19.4. The number of halogens is 5. The minimum absolute atomic E-state index is 0.0758. The summed E-state index contributed by atoms with van der Waals surface area (Å²) < 4.78 is 73.0. The van der Waals surface area contributed by atoms with Gasteiger partial charge in [0.25, 0.3) is 0 Å². The molecule has 0 aliphatic rings. The fourth-order valence-electron chi connectivity index (χ4n) is 3.17. The van der Waals surface area contributed by atoms with Crippen LogP contribution in [0.1, 0.15) is 26.3 Å². The highest BCUT2D eigenvalue weighted by molar-refractivity contribution is 5.96. The second-order valence-electron chi connectivity index (χ2n) is 8.09. The maximum absolute atomic E-state index is 13.7. The normalized spacial score (nSPS) is 12.5. The van der Waals surface area contributed by atoms with Crippen LogP contribution in [0.15, 0.2) is 36.5 Å². The summed E-state index contributed by atoms with van der Waals surface area (Å²) in [6.45, 7) is 4.90. The van der Waals surface area contributed by atoms with Gasteiger partial charge in [-0.1, -0.05) is 0 Å². The predicted octanol–water partition coefficient (Wildman–Crippen LogP) is 6.34. The number of anilines is 2. The molecule has 6 nitrogen and oxygen atoms in total. The number of fused-ring (bicyclic) bond motifs is 2. The molecule has 0 aliphatic carbocycles. The number of hydrogen-bond donors (Lipinski definition) is 2. The number of alkyl halides is 3. The Bertz CT molecular complexity index is 1350. The lowest BCUT2D eigenvalue weighted by Crippen LogP contribution is -2.27. The Labute approximate surface area is 178 Å². The number of carbonyl (C=O) groups is 1. The molecule has 0 aliphatic heterocycles. The van der Waals surface area contributed by atoms with E-state index in [9.17, 15) is 26.7 Å². The fourth-order valence-corrected chi connectivity index (χ4v) is 3.17. The van der Waals surface area contributed by atoms with Crippen LogP contribution in [0.4, 0.5) is 38.4 Å². The van der Waals surface area contributed by atoms with Gasteiger partial charge in [0.1, 0.15) is 5.60 Å². The van der Waals surface area contributed by atoms with Crippen LogP contribution >= 0.6 is 0 Å². The minimum atomic E-state index is -4.60. The molecule has 168 valence electrons. The Morgan fingerprint density at radius 1 is 1.09 bits per heavy atom. The molecule has 0 atom stereocenters. The summed E-state index contributed by atoms with van der Waals surface area (Å²) >= 11 is 0. The van der Waals surface area contributed by atoms with Gasteiger partial charge < -0.3 is 15.0 Å². The molecule has 0 fully saturated rings. The van der Waals surface area contributed by atoms with Crippen molar-refractivity contribution in [3.8, 4) is 0 Å². The molecule has 2 aromatic heterocycles. The Morgan fingerprint density at radius 2 is 1.78 bits per heavy atom. The molecule has 2 N–H and O–H groups in total. The molecule has 0 spiro atoms. The number of aromatic nitrogens is 3. The second-order valence-corrected chi connectivity index (χ2v) is 8.09. The zero-order valence-corrected chi connectivity index (χ0v) is 17.1. The Kier molecular flexibility index (Phi) is 4.87. The molecule has 0 bridgehead atoms. The number of ether oxygens (including phenoxy) is 1. The molecule has 2 aromatic carbocycles. The molecular weight excluding hydrogens is 435 g/mol. The van der Waals surface area contributed by atoms with E-state index < -0.39 is 35.1 Å². The van der Waals surface area contributed by atoms with E-state index in [2.05, 4.69) is 15.3 Å². The van der Waals surface area contributed by atoms with Crippen LogP contribution in [0.5, 0.6) is 0 Å². The van der Waals surface area contributed by atoms with Gasteiger partial charge in [-0.25, -0.2) is 23.1 Å². The van der Waals surface area contributed by atoms with Crippen LogP contribution in [-0.2, 0) is 10.9 Å². The smallest absolute Gasteiger partial charge is 0.421 e. The first-order valence-electron chi connectivity index (χ1n) is 9.40. The molecule has 0 unspecified atom stereocenters. The number of benzene rings is 2. The summed E-state index contributed by atoms with van der Waals surface area (Å²) in [5.74, 6) is -2.29. The minimum Gasteiger partial charge on any atom is -0.443 e. The number of nitrogens with zero attached hydrogens (tertiary/aromatic N) is 2. The molecule has 0 amide bonds. The average molecular weight is 452 g/mol. The lowest BCUT2D eigenvalue weighted by molar-refractivity contribution is -0.137. The zero-order valence-electron chi connectivity index (χ0n) is 17.1. The van der Waals surface area contributed by atoms with Gasteiger partial charge in [-0.3, -0.25) is 0 Å². The zero-order chi connectivity index (χ0) is 23.4. The van der Waals surface area contributed by atoms with Crippen molar-refractivity contribution in [3.05, 3.63) is 53.7 Å². The monoisotopic (exact) mass is 452 g/mol. The van der Waals surface area contributed by atoms with E-state index >= 15 is 0 Å². The molecule has 0 saturated carbocycles. The number of carbonyl (C=O) groups excluding carboxylic acids is 1. The number of aromatic amines is 1. The first kappa shape index (κ1) is 21.6. The van der Waals surface area contributed by atoms with Gasteiger partial charge in [-0.05, 0) is 45.0 Å². The van der Waals surface area contributed by atoms with Crippen molar-refractivity contribution in [2.75, 3.05) is 5.32 Å². The summed E-state index contributed by atoms with van der Waals surface area (Å²) in [4.78, 5) is 19.7. The van der Waals surface area contributed by atoms with Gasteiger partial charge in [0.2, 0.25) is 5.95 Å². The van der Waals surface area contributed by atoms with E-state index in [1.807, 2.05) is 0 Å². The summed E-state index contributed by atoms with van der Waals surface area (Å²) in [5, 5.41) is 3.06. The van der Waals surface area contributed by atoms with Crippen LogP contribution in [0, 0.1) is 11.6 Å². The van der Waals surface area contributed by atoms with Crippen molar-refractivity contribution in [3.63, 3.8) is 0 Å². The number of hydrogen-bond acceptors (Lipinski definition) is 4. The number of imidazole rings is 1. The molecule has 0 radical (unpaired) electrons. The number of nitrogens with one attached hydrogen (secondary N) is 2. The van der Waals surface area contributed by atoms with Crippen molar-refractivity contribution < 1.29 is 31.5 Å². The second kappa shape index (κ2) is 7.21. The van der Waals surface area contributed by atoms with Crippen molar-refractivity contribution in [1.82, 2.24) is 14.5 Å². The van der Waals surface area contributed by atoms with Crippen molar-refractivity contribution in [2.45, 2.75) is 32.5 Å². The van der Waals surface area contributed by atoms with Gasteiger partial charge in [0, 0.05) is 17.6 Å². The van der Waals surface area contributed by atoms with Crippen LogP contribution in [-0.4, -0.2) is 26.2 Å². The standard InChI is InChI=1S/C21H17F5N4O2/c1-20(2,3)32-19(31)30-17-5-4-10(21(24,25)26)6-15(17)28-18(30)29-16-9-27-14-8-13(23)12(22)7-11(14)16/h4-9,27H,1-3H3,(H,28,29). The Hall–Kier alpha value is -3.63. The van der Waals surface area contributed by atoms with Gasteiger partial charge in [0.15, 0.2) is 11.6 Å². The largest absolute Gasteiger partial charge is 0.443 e. The molecule has 2 heterocycles. The summed E-state index contributed by atoms with van der Waals surface area (Å²) in [6.07, 6.45) is -4.08. The van der Waals surface area contributed by atoms with E-state index in [4.69, 9.17) is 4.74 Å². The lowest BCUT2D eigenvalue weighted by atomic mass is 10.2. The first-order valence-corrected chi connectivity index (χ1v) is 9.40.